The van der Waals surface area contributed by atoms with Crippen molar-refractivity contribution in [2.24, 2.45) is 5.92 Å². The molecular weight excluding hydrogens is 276 g/mol. The highest BCUT2D eigenvalue weighted by Crippen LogP contribution is 2.46. The van der Waals surface area contributed by atoms with Crippen LogP contribution in [0.2, 0.25) is 0 Å². The van der Waals surface area contributed by atoms with Gasteiger partial charge in [0.1, 0.15) is 17.3 Å². The molecule has 3 nitrogen and oxygen atoms in total. The molecule has 2 aliphatic rings. The fourth-order valence-corrected chi connectivity index (χ4v) is 3.95. The van der Waals surface area contributed by atoms with Gasteiger partial charge in [0.05, 0.1) is 20.1 Å². The van der Waals surface area contributed by atoms with E-state index in [9.17, 15) is 4.79 Å². The van der Waals surface area contributed by atoms with Gasteiger partial charge in [-0.2, -0.15) is 0 Å². The molecule has 0 spiro atoms. The summed E-state index contributed by atoms with van der Waals surface area (Å²) in [6.45, 7) is 0. The lowest BCUT2D eigenvalue weighted by Crippen LogP contribution is -2.24. The highest BCUT2D eigenvalue weighted by Gasteiger charge is 2.36. The number of fused-ring (bicyclic) bond motifs is 1. The second kappa shape index (κ2) is 6.55. The third-order valence-electron chi connectivity index (χ3n) is 5.03. The van der Waals surface area contributed by atoms with Crippen LogP contribution in [0.5, 0.6) is 11.5 Å². The molecule has 1 aromatic rings. The zero-order valence-electron chi connectivity index (χ0n) is 13.4. The van der Waals surface area contributed by atoms with Crippen LogP contribution in [-0.2, 0) is 4.79 Å². The molecule has 0 amide bonds. The Kier molecular flexibility index (Phi) is 4.51. The number of Topliss-reactive ketones (excluding diaryl/α,β-unsaturated/α-hetero) is 1. The van der Waals surface area contributed by atoms with Crippen molar-refractivity contribution < 1.29 is 14.3 Å². The van der Waals surface area contributed by atoms with E-state index in [-0.39, 0.29) is 5.92 Å². The van der Waals surface area contributed by atoms with E-state index < -0.39 is 0 Å². The van der Waals surface area contributed by atoms with Crippen LogP contribution in [0, 0.1) is 5.92 Å². The Hall–Kier alpha value is -1.77. The van der Waals surface area contributed by atoms with Crippen LogP contribution < -0.4 is 9.47 Å². The molecule has 3 heteroatoms. The van der Waals surface area contributed by atoms with Crippen LogP contribution >= 0.6 is 0 Å². The van der Waals surface area contributed by atoms with Gasteiger partial charge in [-0.3, -0.25) is 4.79 Å². The van der Waals surface area contributed by atoms with Crippen LogP contribution in [0.4, 0.5) is 0 Å². The number of carbonyl (C=O) groups excluding carboxylic acids is 1. The van der Waals surface area contributed by atoms with Gasteiger partial charge in [-0.15, -0.1) is 0 Å². The summed E-state index contributed by atoms with van der Waals surface area (Å²) in [4.78, 5) is 12.8. The van der Waals surface area contributed by atoms with Crippen molar-refractivity contribution in [2.75, 3.05) is 14.2 Å². The number of benzene rings is 1. The predicted molar refractivity (Wildman–Crippen MR) is 86.6 cm³/mol. The first-order valence-corrected chi connectivity index (χ1v) is 8.18. The smallest absolute Gasteiger partial charge is 0.141 e. The van der Waals surface area contributed by atoms with Gasteiger partial charge in [0, 0.05) is 12.0 Å². The molecule has 1 aromatic carbocycles. The fourth-order valence-electron chi connectivity index (χ4n) is 3.95. The van der Waals surface area contributed by atoms with Crippen molar-refractivity contribution in [2.45, 2.75) is 44.4 Å². The lowest BCUT2D eigenvalue weighted by Gasteiger charge is -2.31. The van der Waals surface area contributed by atoms with E-state index in [1.54, 1.807) is 14.2 Å². The van der Waals surface area contributed by atoms with Crippen molar-refractivity contribution in [3.63, 3.8) is 0 Å². The molecule has 2 aliphatic carbocycles. The molecular formula is C19H24O3. The van der Waals surface area contributed by atoms with E-state index in [0.717, 1.165) is 36.3 Å². The highest BCUT2D eigenvalue weighted by atomic mass is 16.5. The molecule has 0 bridgehead atoms. The van der Waals surface area contributed by atoms with E-state index in [4.69, 9.17) is 9.47 Å². The maximum Gasteiger partial charge on any atom is 0.141 e. The van der Waals surface area contributed by atoms with E-state index >= 15 is 0 Å². The van der Waals surface area contributed by atoms with Gasteiger partial charge in [-0.05, 0) is 49.8 Å². The Bertz CT molecular complexity index is 588. The van der Waals surface area contributed by atoms with Crippen LogP contribution in [0.25, 0.3) is 0 Å². The van der Waals surface area contributed by atoms with Gasteiger partial charge < -0.3 is 9.47 Å². The van der Waals surface area contributed by atoms with Crippen molar-refractivity contribution in [3.8, 4) is 11.5 Å². The maximum atomic E-state index is 12.8. The topological polar surface area (TPSA) is 35.5 Å². The summed E-state index contributed by atoms with van der Waals surface area (Å²) >= 11 is 0. The fraction of sp³-hybridized carbons (Fsp3) is 0.526. The Morgan fingerprint density at radius 2 is 1.95 bits per heavy atom. The van der Waals surface area contributed by atoms with Crippen LogP contribution in [-0.4, -0.2) is 20.0 Å². The van der Waals surface area contributed by atoms with E-state index in [1.807, 2.05) is 18.2 Å². The molecule has 0 aliphatic heterocycles. The molecule has 0 unspecified atom stereocenters. The Morgan fingerprint density at radius 1 is 1.09 bits per heavy atom. The quantitative estimate of drug-likeness (QED) is 0.782. The standard InChI is InChI=1S/C19H24O3/c1-21-14-10-11-18(22-2)16(12-14)19-15-8-4-3-6-13(15)7-5-9-17(19)20/h7,10-12,15,19H,3-6,8-9H2,1-2H3/t15-,19-/m1/s1. The summed E-state index contributed by atoms with van der Waals surface area (Å²) in [5.74, 6) is 2.17. The number of rotatable bonds is 3. The molecule has 0 radical (unpaired) electrons. The molecule has 1 saturated carbocycles. The third-order valence-corrected chi connectivity index (χ3v) is 5.03. The van der Waals surface area contributed by atoms with Crippen LogP contribution in [0.1, 0.15) is 50.0 Å². The lowest BCUT2D eigenvalue weighted by atomic mass is 9.72. The van der Waals surface area contributed by atoms with Crippen LogP contribution in [0.15, 0.2) is 29.8 Å². The summed E-state index contributed by atoms with van der Waals surface area (Å²) in [5.41, 5.74) is 2.47. The van der Waals surface area contributed by atoms with Gasteiger partial charge >= 0.3 is 0 Å². The first-order valence-electron chi connectivity index (χ1n) is 8.18. The molecule has 22 heavy (non-hydrogen) atoms. The minimum absolute atomic E-state index is 0.0842. The molecule has 2 atom stereocenters. The zero-order valence-corrected chi connectivity index (χ0v) is 13.4. The minimum atomic E-state index is -0.0842. The average Bonchev–Trinajstić information content (AvgIpc) is 2.72. The number of carbonyl (C=O) groups is 1. The summed E-state index contributed by atoms with van der Waals surface area (Å²) in [7, 11) is 3.33. The lowest BCUT2D eigenvalue weighted by molar-refractivity contribution is -0.121. The predicted octanol–water partition coefficient (Wildman–Crippen LogP) is 4.27. The third kappa shape index (κ3) is 2.77. The van der Waals surface area contributed by atoms with Crippen molar-refractivity contribution in [1.29, 1.82) is 0 Å². The summed E-state index contributed by atoms with van der Waals surface area (Å²) < 4.78 is 10.9. The second-order valence-corrected chi connectivity index (χ2v) is 6.22. The molecule has 3 rings (SSSR count). The first kappa shape index (κ1) is 15.1. The molecule has 118 valence electrons. The molecule has 0 saturated heterocycles. The van der Waals surface area contributed by atoms with E-state index in [1.165, 1.54) is 18.4 Å². The number of ether oxygens (including phenoxy) is 2. The van der Waals surface area contributed by atoms with Gasteiger partial charge in [-0.1, -0.05) is 18.1 Å². The molecule has 0 aromatic heterocycles. The Morgan fingerprint density at radius 3 is 2.73 bits per heavy atom. The van der Waals surface area contributed by atoms with Crippen molar-refractivity contribution >= 4 is 5.78 Å². The molecule has 0 N–H and O–H groups in total. The monoisotopic (exact) mass is 300 g/mol. The van der Waals surface area contributed by atoms with Crippen molar-refractivity contribution in [3.05, 3.63) is 35.4 Å². The molecule has 0 heterocycles. The second-order valence-electron chi connectivity index (χ2n) is 6.22. The SMILES string of the molecule is COc1ccc(OC)c([C@@H]2C(=O)CCC=C3CCCC[C@H]32)c1. The van der Waals surface area contributed by atoms with Crippen molar-refractivity contribution in [1.82, 2.24) is 0 Å². The number of hydrogen-bond acceptors (Lipinski definition) is 3. The summed E-state index contributed by atoms with van der Waals surface area (Å²) in [6.07, 6.45) is 8.52. The normalized spacial score (nSPS) is 25.0. The van der Waals surface area contributed by atoms with Gasteiger partial charge in [-0.25, -0.2) is 0 Å². The Labute approximate surface area is 132 Å². The van der Waals surface area contributed by atoms with Gasteiger partial charge in [0.15, 0.2) is 0 Å². The number of methoxy groups -OCH3 is 2. The highest BCUT2D eigenvalue weighted by molar-refractivity contribution is 5.88. The maximum absolute atomic E-state index is 12.8. The Balaban J connectivity index is 2.06. The van der Waals surface area contributed by atoms with Gasteiger partial charge in [0.2, 0.25) is 0 Å². The zero-order chi connectivity index (χ0) is 15.5. The molecule has 1 fully saturated rings. The number of allylic oxidation sites excluding steroid dienone is 2. The minimum Gasteiger partial charge on any atom is -0.497 e. The van der Waals surface area contributed by atoms with Crippen LogP contribution in [0.3, 0.4) is 0 Å². The summed E-state index contributed by atoms with van der Waals surface area (Å²) in [5, 5.41) is 0. The summed E-state index contributed by atoms with van der Waals surface area (Å²) in [6, 6.07) is 5.79. The number of ketones is 1. The number of hydrogen-bond donors (Lipinski definition) is 0. The van der Waals surface area contributed by atoms with Gasteiger partial charge in [0.25, 0.3) is 0 Å². The van der Waals surface area contributed by atoms with E-state index in [0.29, 0.717) is 18.1 Å². The average molecular weight is 300 g/mol. The van der Waals surface area contributed by atoms with E-state index in [2.05, 4.69) is 6.08 Å². The first-order chi connectivity index (χ1) is 10.7. The largest absolute Gasteiger partial charge is 0.497 e.